The predicted molar refractivity (Wildman–Crippen MR) is 128 cm³/mol. The van der Waals surface area contributed by atoms with Crippen LogP contribution in [0.15, 0.2) is 64.1 Å². The van der Waals surface area contributed by atoms with Crippen molar-refractivity contribution in [1.82, 2.24) is 14.7 Å². The SMILES string of the molecule is CC(C)Cn1nc(C(=O)N(CCc2cccs2)Cc2cccs2)c2ccccc2c1=O. The molecule has 5 nitrogen and oxygen atoms in total. The molecule has 0 saturated carbocycles. The molecular formula is C24H25N3O2S2. The van der Waals surface area contributed by atoms with Crippen molar-refractivity contribution in [1.29, 1.82) is 0 Å². The third-order valence-corrected chi connectivity index (χ3v) is 6.83. The third kappa shape index (κ3) is 4.94. The van der Waals surface area contributed by atoms with Gasteiger partial charge in [0.2, 0.25) is 0 Å². The Morgan fingerprint density at radius 1 is 1.00 bits per heavy atom. The van der Waals surface area contributed by atoms with Crippen molar-refractivity contribution in [2.24, 2.45) is 5.92 Å². The molecule has 0 bridgehead atoms. The molecule has 0 saturated heterocycles. The molecule has 0 radical (unpaired) electrons. The summed E-state index contributed by atoms with van der Waals surface area (Å²) in [6.45, 7) is 5.67. The zero-order chi connectivity index (χ0) is 21.8. The van der Waals surface area contributed by atoms with Crippen molar-refractivity contribution in [3.05, 3.63) is 85.1 Å². The largest absolute Gasteiger partial charge is 0.332 e. The van der Waals surface area contributed by atoms with E-state index in [1.807, 2.05) is 60.5 Å². The third-order valence-electron chi connectivity index (χ3n) is 5.03. The minimum Gasteiger partial charge on any atom is -0.332 e. The summed E-state index contributed by atoms with van der Waals surface area (Å²) in [6, 6.07) is 15.4. The Bertz CT molecular complexity index is 1210. The van der Waals surface area contributed by atoms with Gasteiger partial charge in [0, 0.05) is 28.2 Å². The minimum atomic E-state index is -0.149. The van der Waals surface area contributed by atoms with Crippen molar-refractivity contribution in [2.75, 3.05) is 6.54 Å². The average molecular weight is 452 g/mol. The van der Waals surface area contributed by atoms with Crippen molar-refractivity contribution in [2.45, 2.75) is 33.4 Å². The first-order valence-corrected chi connectivity index (χ1v) is 12.1. The molecule has 1 amide bonds. The maximum absolute atomic E-state index is 13.7. The molecule has 1 aromatic carbocycles. The number of amides is 1. The highest BCUT2D eigenvalue weighted by Gasteiger charge is 2.23. The minimum absolute atomic E-state index is 0.140. The summed E-state index contributed by atoms with van der Waals surface area (Å²) in [7, 11) is 0. The van der Waals surface area contributed by atoms with Crippen LogP contribution in [0.4, 0.5) is 0 Å². The van der Waals surface area contributed by atoms with E-state index < -0.39 is 0 Å². The Kier molecular flexibility index (Phi) is 6.63. The molecule has 0 N–H and O–H groups in total. The molecule has 0 aliphatic rings. The highest BCUT2D eigenvalue weighted by atomic mass is 32.1. The molecule has 0 spiro atoms. The molecule has 160 valence electrons. The normalized spacial score (nSPS) is 11.3. The number of rotatable bonds is 8. The topological polar surface area (TPSA) is 55.2 Å². The van der Waals surface area contributed by atoms with E-state index in [1.54, 1.807) is 28.7 Å². The molecule has 0 unspecified atom stereocenters. The van der Waals surface area contributed by atoms with Gasteiger partial charge in [0.1, 0.15) is 0 Å². The number of carbonyl (C=O) groups is 1. The quantitative estimate of drug-likeness (QED) is 0.376. The van der Waals surface area contributed by atoms with Gasteiger partial charge in [-0.15, -0.1) is 22.7 Å². The standard InChI is InChI=1S/C24H25N3O2S2/c1-17(2)15-27-23(28)21-10-4-3-9-20(21)22(25-27)24(29)26(16-19-8-6-14-31-19)12-11-18-7-5-13-30-18/h3-10,13-14,17H,11-12,15-16H2,1-2H3. The number of hydrogen-bond donors (Lipinski definition) is 0. The Balaban J connectivity index is 1.74. The summed E-state index contributed by atoms with van der Waals surface area (Å²) in [5.41, 5.74) is 0.197. The number of nitrogens with zero attached hydrogens (tertiary/aromatic N) is 3. The fourth-order valence-corrected chi connectivity index (χ4v) is 4.97. The second-order valence-corrected chi connectivity index (χ2v) is 9.98. The van der Waals surface area contributed by atoms with Gasteiger partial charge in [0.25, 0.3) is 11.5 Å². The Morgan fingerprint density at radius 2 is 1.68 bits per heavy atom. The summed E-state index contributed by atoms with van der Waals surface area (Å²) < 4.78 is 1.45. The number of carbonyl (C=O) groups excluding carboxylic acids is 1. The molecular weight excluding hydrogens is 426 g/mol. The smallest absolute Gasteiger partial charge is 0.275 e. The molecule has 0 aliphatic heterocycles. The van der Waals surface area contributed by atoms with E-state index in [0.29, 0.717) is 36.1 Å². The lowest BCUT2D eigenvalue weighted by Gasteiger charge is -2.23. The Hall–Kier alpha value is -2.77. The van der Waals surface area contributed by atoms with E-state index in [4.69, 9.17) is 0 Å². The Labute approximate surface area is 189 Å². The Morgan fingerprint density at radius 3 is 2.32 bits per heavy atom. The summed E-state index contributed by atoms with van der Waals surface area (Å²) in [5.74, 6) is 0.106. The molecule has 31 heavy (non-hydrogen) atoms. The summed E-state index contributed by atoms with van der Waals surface area (Å²) in [5, 5.41) is 9.78. The van der Waals surface area contributed by atoms with Gasteiger partial charge < -0.3 is 4.90 Å². The second kappa shape index (κ2) is 9.58. The van der Waals surface area contributed by atoms with Gasteiger partial charge in [-0.25, -0.2) is 4.68 Å². The average Bonchev–Trinajstić information content (AvgIpc) is 3.46. The predicted octanol–water partition coefficient (Wildman–Crippen LogP) is 5.06. The molecule has 7 heteroatoms. The van der Waals surface area contributed by atoms with Crippen LogP contribution in [0, 0.1) is 5.92 Å². The zero-order valence-corrected chi connectivity index (χ0v) is 19.3. The van der Waals surface area contributed by atoms with Gasteiger partial charge in [-0.2, -0.15) is 5.10 Å². The van der Waals surface area contributed by atoms with Crippen LogP contribution in [0.1, 0.15) is 34.1 Å². The number of benzene rings is 1. The van der Waals surface area contributed by atoms with Crippen LogP contribution in [0.25, 0.3) is 10.8 Å². The van der Waals surface area contributed by atoms with Gasteiger partial charge in [0.15, 0.2) is 5.69 Å². The van der Waals surface area contributed by atoms with Crippen LogP contribution in [0.2, 0.25) is 0 Å². The molecule has 0 fully saturated rings. The van der Waals surface area contributed by atoms with Crippen molar-refractivity contribution >= 4 is 39.4 Å². The van der Waals surface area contributed by atoms with Crippen LogP contribution in [-0.4, -0.2) is 27.1 Å². The lowest BCUT2D eigenvalue weighted by Crippen LogP contribution is -2.35. The number of hydrogen-bond acceptors (Lipinski definition) is 5. The van der Waals surface area contributed by atoms with E-state index >= 15 is 0 Å². The molecule has 4 rings (SSSR count). The van der Waals surface area contributed by atoms with Gasteiger partial charge in [-0.05, 0) is 41.3 Å². The highest BCUT2D eigenvalue weighted by Crippen LogP contribution is 2.20. The van der Waals surface area contributed by atoms with Gasteiger partial charge in [0.05, 0.1) is 11.9 Å². The van der Waals surface area contributed by atoms with Crippen LogP contribution in [0.5, 0.6) is 0 Å². The maximum atomic E-state index is 13.7. The molecule has 0 aliphatic carbocycles. The van der Waals surface area contributed by atoms with Crippen molar-refractivity contribution in [3.8, 4) is 0 Å². The number of aromatic nitrogens is 2. The van der Waals surface area contributed by atoms with E-state index in [0.717, 1.165) is 11.3 Å². The van der Waals surface area contributed by atoms with Crippen LogP contribution < -0.4 is 5.56 Å². The fraction of sp³-hybridized carbons (Fsp3) is 0.292. The van der Waals surface area contributed by atoms with E-state index in [2.05, 4.69) is 16.5 Å². The van der Waals surface area contributed by atoms with Crippen LogP contribution >= 0.6 is 22.7 Å². The summed E-state index contributed by atoms with van der Waals surface area (Å²) in [6.07, 6.45) is 0.790. The number of fused-ring (bicyclic) bond motifs is 1. The molecule has 0 atom stereocenters. The van der Waals surface area contributed by atoms with E-state index in [1.165, 1.54) is 9.56 Å². The lowest BCUT2D eigenvalue weighted by molar-refractivity contribution is 0.0740. The van der Waals surface area contributed by atoms with Gasteiger partial charge in [-0.1, -0.05) is 44.2 Å². The molecule has 3 heterocycles. The van der Waals surface area contributed by atoms with E-state index in [-0.39, 0.29) is 17.4 Å². The highest BCUT2D eigenvalue weighted by molar-refractivity contribution is 7.10. The van der Waals surface area contributed by atoms with Crippen LogP contribution in [0.3, 0.4) is 0 Å². The molecule has 4 aromatic rings. The first-order chi connectivity index (χ1) is 15.0. The van der Waals surface area contributed by atoms with Gasteiger partial charge >= 0.3 is 0 Å². The van der Waals surface area contributed by atoms with Gasteiger partial charge in [-0.3, -0.25) is 9.59 Å². The monoisotopic (exact) mass is 451 g/mol. The summed E-state index contributed by atoms with van der Waals surface area (Å²) >= 11 is 3.34. The van der Waals surface area contributed by atoms with Crippen molar-refractivity contribution < 1.29 is 4.79 Å². The summed E-state index contributed by atoms with van der Waals surface area (Å²) in [4.78, 5) is 30.9. The maximum Gasteiger partial charge on any atom is 0.275 e. The first-order valence-electron chi connectivity index (χ1n) is 10.4. The fourth-order valence-electron chi connectivity index (χ4n) is 3.56. The van der Waals surface area contributed by atoms with Crippen LogP contribution in [-0.2, 0) is 19.5 Å². The molecule has 3 aromatic heterocycles. The van der Waals surface area contributed by atoms with Crippen molar-refractivity contribution in [3.63, 3.8) is 0 Å². The second-order valence-electron chi connectivity index (χ2n) is 7.91. The lowest BCUT2D eigenvalue weighted by atomic mass is 10.1. The first kappa shape index (κ1) is 21.5. The number of thiophene rings is 2. The van der Waals surface area contributed by atoms with E-state index in [9.17, 15) is 9.59 Å². The zero-order valence-electron chi connectivity index (χ0n) is 17.7.